The molecule has 6 heteroatoms. The lowest BCUT2D eigenvalue weighted by molar-refractivity contribution is -0.385. The fraction of sp³-hybridized carbons (Fsp3) is 0.462. The third-order valence-corrected chi connectivity index (χ3v) is 2.81. The maximum atomic E-state index is 10.9. The second-order valence-electron chi connectivity index (χ2n) is 4.47. The van der Waals surface area contributed by atoms with E-state index in [1.165, 1.54) is 6.07 Å². The van der Waals surface area contributed by atoms with Crippen molar-refractivity contribution < 1.29 is 14.8 Å². The summed E-state index contributed by atoms with van der Waals surface area (Å²) in [4.78, 5) is 22.8. The molecule has 0 aliphatic heterocycles. The molecular weight excluding hydrogens is 248 g/mol. The summed E-state index contributed by atoms with van der Waals surface area (Å²) in [5.74, 6) is -0.790. The van der Waals surface area contributed by atoms with Crippen LogP contribution in [0, 0.1) is 10.1 Å². The largest absolute Gasteiger partial charge is 0.481 e. The Labute approximate surface area is 111 Å². The predicted molar refractivity (Wildman–Crippen MR) is 70.9 cm³/mol. The van der Waals surface area contributed by atoms with Crippen LogP contribution in [0.5, 0.6) is 0 Å². The zero-order valence-corrected chi connectivity index (χ0v) is 10.9. The molecule has 0 aromatic heterocycles. The molecule has 0 amide bonds. The fourth-order valence-corrected chi connectivity index (χ4v) is 1.85. The maximum Gasteiger partial charge on any atom is 0.303 e. The van der Waals surface area contributed by atoms with Crippen molar-refractivity contribution in [1.82, 2.24) is 4.90 Å². The van der Waals surface area contributed by atoms with Gasteiger partial charge in [-0.25, -0.2) is 0 Å². The Morgan fingerprint density at radius 1 is 1.37 bits per heavy atom. The van der Waals surface area contributed by atoms with E-state index < -0.39 is 5.97 Å². The highest BCUT2D eigenvalue weighted by Gasteiger charge is 2.13. The fourth-order valence-electron chi connectivity index (χ4n) is 1.85. The number of nitro benzene ring substituents is 1. The minimum atomic E-state index is -0.790. The lowest BCUT2D eigenvalue weighted by atomic mass is 10.1. The van der Waals surface area contributed by atoms with E-state index in [0.717, 1.165) is 13.0 Å². The summed E-state index contributed by atoms with van der Waals surface area (Å²) in [5, 5.41) is 19.4. The van der Waals surface area contributed by atoms with Gasteiger partial charge in [0.2, 0.25) is 0 Å². The van der Waals surface area contributed by atoms with Gasteiger partial charge < -0.3 is 10.0 Å². The SMILES string of the molecule is CN(CCCCC(=O)O)Cc1ccccc1[N+](=O)[O-]. The number of hydrogen-bond donors (Lipinski definition) is 1. The third-order valence-electron chi connectivity index (χ3n) is 2.81. The van der Waals surface area contributed by atoms with Crippen LogP contribution in [0.15, 0.2) is 24.3 Å². The Morgan fingerprint density at radius 3 is 2.68 bits per heavy atom. The van der Waals surface area contributed by atoms with Crippen molar-refractivity contribution >= 4 is 11.7 Å². The summed E-state index contributed by atoms with van der Waals surface area (Å²) in [6.07, 6.45) is 1.55. The number of unbranched alkanes of at least 4 members (excludes halogenated alkanes) is 1. The molecule has 0 aliphatic carbocycles. The van der Waals surface area contributed by atoms with E-state index in [4.69, 9.17) is 5.11 Å². The lowest BCUT2D eigenvalue weighted by Gasteiger charge is -2.16. The number of benzene rings is 1. The minimum absolute atomic E-state index is 0.125. The van der Waals surface area contributed by atoms with Crippen molar-refractivity contribution in [2.24, 2.45) is 0 Å². The number of carboxylic acid groups (broad SMARTS) is 1. The van der Waals surface area contributed by atoms with Crippen LogP contribution >= 0.6 is 0 Å². The zero-order valence-electron chi connectivity index (χ0n) is 10.9. The summed E-state index contributed by atoms with van der Waals surface area (Å²) in [6, 6.07) is 6.66. The van der Waals surface area contributed by atoms with E-state index in [-0.39, 0.29) is 17.0 Å². The number of hydrogen-bond acceptors (Lipinski definition) is 4. The molecule has 0 unspecified atom stereocenters. The van der Waals surface area contributed by atoms with E-state index in [1.807, 2.05) is 11.9 Å². The number of aliphatic carboxylic acids is 1. The molecular formula is C13H18N2O4. The first kappa shape index (κ1) is 15.1. The molecule has 19 heavy (non-hydrogen) atoms. The van der Waals surface area contributed by atoms with E-state index in [1.54, 1.807) is 18.2 Å². The normalized spacial score (nSPS) is 10.6. The highest BCUT2D eigenvalue weighted by Crippen LogP contribution is 2.19. The maximum absolute atomic E-state index is 10.9. The van der Waals surface area contributed by atoms with Crippen LogP contribution in [0.1, 0.15) is 24.8 Å². The lowest BCUT2D eigenvalue weighted by Crippen LogP contribution is -2.20. The van der Waals surface area contributed by atoms with E-state index in [2.05, 4.69) is 0 Å². The summed E-state index contributed by atoms with van der Waals surface area (Å²) in [6.45, 7) is 1.21. The van der Waals surface area contributed by atoms with E-state index >= 15 is 0 Å². The summed E-state index contributed by atoms with van der Waals surface area (Å²) in [5.41, 5.74) is 0.799. The van der Waals surface area contributed by atoms with Gasteiger partial charge in [0.15, 0.2) is 0 Å². The summed E-state index contributed by atoms with van der Waals surface area (Å²) in [7, 11) is 1.87. The Bertz CT molecular complexity index is 448. The van der Waals surface area contributed by atoms with Crippen LogP contribution in [0.4, 0.5) is 5.69 Å². The van der Waals surface area contributed by atoms with E-state index in [0.29, 0.717) is 18.5 Å². The van der Waals surface area contributed by atoms with Crippen LogP contribution in [-0.2, 0) is 11.3 Å². The highest BCUT2D eigenvalue weighted by molar-refractivity contribution is 5.66. The number of para-hydroxylation sites is 1. The third kappa shape index (κ3) is 5.48. The van der Waals surface area contributed by atoms with Gasteiger partial charge in [-0.05, 0) is 26.4 Å². The van der Waals surface area contributed by atoms with Gasteiger partial charge in [0.25, 0.3) is 5.69 Å². The molecule has 1 rings (SSSR count). The molecule has 0 heterocycles. The predicted octanol–water partition coefficient (Wildman–Crippen LogP) is 2.28. The quantitative estimate of drug-likeness (QED) is 0.443. The van der Waals surface area contributed by atoms with Crippen LogP contribution in [-0.4, -0.2) is 34.5 Å². The Hall–Kier alpha value is -1.95. The van der Waals surface area contributed by atoms with Gasteiger partial charge >= 0.3 is 5.97 Å². The Balaban J connectivity index is 2.46. The molecule has 0 fully saturated rings. The second-order valence-corrected chi connectivity index (χ2v) is 4.47. The number of carboxylic acids is 1. The van der Waals surface area contributed by atoms with Crippen molar-refractivity contribution in [2.75, 3.05) is 13.6 Å². The average Bonchev–Trinajstić information content (AvgIpc) is 2.35. The second kappa shape index (κ2) is 7.48. The number of carbonyl (C=O) groups is 1. The van der Waals surface area contributed by atoms with Gasteiger partial charge in [0, 0.05) is 24.6 Å². The van der Waals surface area contributed by atoms with Gasteiger partial charge in [-0.15, -0.1) is 0 Å². The molecule has 104 valence electrons. The van der Waals surface area contributed by atoms with Crippen LogP contribution < -0.4 is 0 Å². The number of rotatable bonds is 8. The zero-order chi connectivity index (χ0) is 14.3. The first-order valence-corrected chi connectivity index (χ1v) is 6.13. The summed E-state index contributed by atoms with van der Waals surface area (Å²) >= 11 is 0. The molecule has 0 aliphatic rings. The molecule has 0 bridgehead atoms. The van der Waals surface area contributed by atoms with Crippen molar-refractivity contribution in [2.45, 2.75) is 25.8 Å². The van der Waals surface area contributed by atoms with Crippen molar-refractivity contribution in [3.8, 4) is 0 Å². The van der Waals surface area contributed by atoms with Gasteiger partial charge in [-0.3, -0.25) is 14.9 Å². The van der Waals surface area contributed by atoms with Crippen molar-refractivity contribution in [1.29, 1.82) is 0 Å². The van der Waals surface area contributed by atoms with Gasteiger partial charge in [-0.2, -0.15) is 0 Å². The molecule has 0 saturated heterocycles. The van der Waals surface area contributed by atoms with Crippen LogP contribution in [0.3, 0.4) is 0 Å². The Morgan fingerprint density at radius 2 is 2.05 bits per heavy atom. The monoisotopic (exact) mass is 266 g/mol. The van der Waals surface area contributed by atoms with Crippen molar-refractivity contribution in [3.05, 3.63) is 39.9 Å². The molecule has 1 aromatic rings. The highest BCUT2D eigenvalue weighted by atomic mass is 16.6. The standard InChI is InChI=1S/C13H18N2O4/c1-14(9-5-4-8-13(16)17)10-11-6-2-3-7-12(11)15(18)19/h2-3,6-7H,4-5,8-10H2,1H3,(H,16,17). The summed E-state index contributed by atoms with van der Waals surface area (Å²) < 4.78 is 0. The first-order chi connectivity index (χ1) is 9.00. The van der Waals surface area contributed by atoms with Crippen molar-refractivity contribution in [3.63, 3.8) is 0 Å². The first-order valence-electron chi connectivity index (χ1n) is 6.13. The van der Waals surface area contributed by atoms with Crippen LogP contribution in [0.2, 0.25) is 0 Å². The molecule has 0 saturated carbocycles. The number of nitro groups is 1. The van der Waals surface area contributed by atoms with Gasteiger partial charge in [0.05, 0.1) is 4.92 Å². The molecule has 1 aromatic carbocycles. The average molecular weight is 266 g/mol. The molecule has 0 radical (unpaired) electrons. The molecule has 1 N–H and O–H groups in total. The Kier molecular flexibility index (Phi) is 5.95. The smallest absolute Gasteiger partial charge is 0.303 e. The van der Waals surface area contributed by atoms with Crippen LogP contribution in [0.25, 0.3) is 0 Å². The molecule has 0 spiro atoms. The molecule has 0 atom stereocenters. The molecule has 6 nitrogen and oxygen atoms in total. The van der Waals surface area contributed by atoms with Gasteiger partial charge in [-0.1, -0.05) is 18.2 Å². The minimum Gasteiger partial charge on any atom is -0.481 e. The number of nitrogens with zero attached hydrogens (tertiary/aromatic N) is 2. The topological polar surface area (TPSA) is 83.7 Å². The van der Waals surface area contributed by atoms with E-state index in [9.17, 15) is 14.9 Å². The van der Waals surface area contributed by atoms with Gasteiger partial charge in [0.1, 0.15) is 0 Å².